The molecule has 0 bridgehead atoms. The zero-order valence-electron chi connectivity index (χ0n) is 16.0. The van der Waals surface area contributed by atoms with E-state index in [-0.39, 0.29) is 6.03 Å². The molecule has 146 valence electrons. The fraction of sp³-hybridized carbons (Fsp3) is 0.250. The van der Waals surface area contributed by atoms with Crippen LogP contribution in [0.25, 0.3) is 0 Å². The number of ether oxygens (including phenoxy) is 2. The molecule has 0 saturated heterocycles. The number of nitrogens with zero attached hydrogens (tertiary/aromatic N) is 3. The van der Waals surface area contributed by atoms with Crippen molar-refractivity contribution in [2.24, 2.45) is 7.05 Å². The second-order valence-electron chi connectivity index (χ2n) is 6.14. The number of aryl methyl sites for hydroxylation is 1. The highest BCUT2D eigenvalue weighted by Gasteiger charge is 2.20. The van der Waals surface area contributed by atoms with Crippen molar-refractivity contribution < 1.29 is 14.3 Å². The minimum atomic E-state index is -0.403. The standard InChI is InChI=1S/C20H23N5O3/c1-25-11-10-21-19(25)18(15-5-7-16(27-2)8-6-15)24-20(26)23-13-14-4-9-17(28-3)22-12-14/h4-12,18H,13H2,1-3H3,(H2,23,24,26). The number of nitrogens with one attached hydrogen (secondary N) is 2. The van der Waals surface area contributed by atoms with Gasteiger partial charge in [0, 0.05) is 38.2 Å². The van der Waals surface area contributed by atoms with Crippen molar-refractivity contribution in [1.29, 1.82) is 0 Å². The summed E-state index contributed by atoms with van der Waals surface area (Å²) in [5.41, 5.74) is 1.77. The molecule has 2 aromatic heterocycles. The summed E-state index contributed by atoms with van der Waals surface area (Å²) in [5.74, 6) is 2.01. The lowest BCUT2D eigenvalue weighted by atomic mass is 10.1. The number of hydrogen-bond acceptors (Lipinski definition) is 5. The third-order valence-corrected chi connectivity index (χ3v) is 4.30. The Kier molecular flexibility index (Phi) is 6.11. The van der Waals surface area contributed by atoms with E-state index in [0.29, 0.717) is 12.4 Å². The molecule has 1 unspecified atom stereocenters. The lowest BCUT2D eigenvalue weighted by Gasteiger charge is -2.20. The molecule has 2 heterocycles. The lowest BCUT2D eigenvalue weighted by Crippen LogP contribution is -2.38. The molecule has 28 heavy (non-hydrogen) atoms. The Morgan fingerprint density at radius 1 is 1.11 bits per heavy atom. The highest BCUT2D eigenvalue weighted by Crippen LogP contribution is 2.23. The molecule has 1 aromatic carbocycles. The van der Waals surface area contributed by atoms with Crippen molar-refractivity contribution in [1.82, 2.24) is 25.2 Å². The van der Waals surface area contributed by atoms with Gasteiger partial charge in [0.05, 0.1) is 14.2 Å². The summed E-state index contributed by atoms with van der Waals surface area (Å²) in [5, 5.41) is 5.84. The van der Waals surface area contributed by atoms with Gasteiger partial charge in [0.1, 0.15) is 17.6 Å². The summed E-state index contributed by atoms with van der Waals surface area (Å²) in [4.78, 5) is 21.0. The summed E-state index contributed by atoms with van der Waals surface area (Å²) >= 11 is 0. The number of benzene rings is 1. The third-order valence-electron chi connectivity index (χ3n) is 4.30. The number of hydrogen-bond donors (Lipinski definition) is 2. The predicted octanol–water partition coefficient (Wildman–Crippen LogP) is 2.42. The summed E-state index contributed by atoms with van der Waals surface area (Å²) in [6, 6.07) is 10.4. The number of rotatable bonds is 7. The topological polar surface area (TPSA) is 90.3 Å². The van der Waals surface area contributed by atoms with Crippen LogP contribution in [0.1, 0.15) is 23.0 Å². The SMILES string of the molecule is COc1ccc(C(NC(=O)NCc2ccc(OC)nc2)c2nccn2C)cc1. The maximum Gasteiger partial charge on any atom is 0.315 e. The van der Waals surface area contributed by atoms with Crippen LogP contribution in [0, 0.1) is 0 Å². The Labute approximate surface area is 163 Å². The van der Waals surface area contributed by atoms with E-state index in [1.165, 1.54) is 0 Å². The van der Waals surface area contributed by atoms with E-state index < -0.39 is 6.04 Å². The lowest BCUT2D eigenvalue weighted by molar-refractivity contribution is 0.237. The van der Waals surface area contributed by atoms with Crippen LogP contribution in [0.2, 0.25) is 0 Å². The van der Waals surface area contributed by atoms with E-state index >= 15 is 0 Å². The number of imidazole rings is 1. The van der Waals surface area contributed by atoms with Crippen LogP contribution in [0.4, 0.5) is 4.79 Å². The number of amides is 2. The second kappa shape index (κ2) is 8.90. The molecular weight excluding hydrogens is 358 g/mol. The molecule has 0 radical (unpaired) electrons. The van der Waals surface area contributed by atoms with Gasteiger partial charge >= 0.3 is 6.03 Å². The molecule has 8 heteroatoms. The third kappa shape index (κ3) is 4.59. The maximum absolute atomic E-state index is 12.5. The molecule has 0 aliphatic carbocycles. The minimum absolute atomic E-state index is 0.306. The number of carbonyl (C=O) groups excluding carboxylic acids is 1. The van der Waals surface area contributed by atoms with Crippen molar-refractivity contribution in [3.8, 4) is 11.6 Å². The highest BCUT2D eigenvalue weighted by molar-refractivity contribution is 5.74. The minimum Gasteiger partial charge on any atom is -0.497 e. The van der Waals surface area contributed by atoms with E-state index in [9.17, 15) is 4.79 Å². The van der Waals surface area contributed by atoms with E-state index in [0.717, 1.165) is 22.7 Å². The molecule has 0 spiro atoms. The Morgan fingerprint density at radius 3 is 2.46 bits per heavy atom. The van der Waals surface area contributed by atoms with Gasteiger partial charge in [0.25, 0.3) is 0 Å². The van der Waals surface area contributed by atoms with Gasteiger partial charge in [-0.15, -0.1) is 0 Å². The van der Waals surface area contributed by atoms with Gasteiger partial charge in [-0.3, -0.25) is 0 Å². The first-order valence-electron chi connectivity index (χ1n) is 8.75. The molecule has 0 aliphatic heterocycles. The molecular formula is C20H23N5O3. The van der Waals surface area contributed by atoms with Gasteiger partial charge in [0.2, 0.25) is 5.88 Å². The van der Waals surface area contributed by atoms with Crippen LogP contribution in [-0.2, 0) is 13.6 Å². The van der Waals surface area contributed by atoms with Crippen LogP contribution < -0.4 is 20.1 Å². The zero-order chi connectivity index (χ0) is 19.9. The fourth-order valence-electron chi connectivity index (χ4n) is 2.75. The molecule has 0 fully saturated rings. The Morgan fingerprint density at radius 2 is 1.89 bits per heavy atom. The summed E-state index contributed by atoms with van der Waals surface area (Å²) in [6.07, 6.45) is 5.21. The van der Waals surface area contributed by atoms with Crippen LogP contribution in [-0.4, -0.2) is 34.8 Å². The van der Waals surface area contributed by atoms with E-state index in [4.69, 9.17) is 9.47 Å². The largest absolute Gasteiger partial charge is 0.497 e. The second-order valence-corrected chi connectivity index (χ2v) is 6.14. The van der Waals surface area contributed by atoms with Gasteiger partial charge in [-0.1, -0.05) is 18.2 Å². The monoisotopic (exact) mass is 381 g/mol. The number of pyridine rings is 1. The van der Waals surface area contributed by atoms with Crippen LogP contribution in [0.5, 0.6) is 11.6 Å². The Hall–Kier alpha value is -3.55. The van der Waals surface area contributed by atoms with E-state index in [1.54, 1.807) is 32.7 Å². The van der Waals surface area contributed by atoms with Gasteiger partial charge in [0.15, 0.2) is 0 Å². The normalized spacial score (nSPS) is 11.5. The van der Waals surface area contributed by atoms with Crippen molar-refractivity contribution in [2.45, 2.75) is 12.6 Å². The van der Waals surface area contributed by atoms with Crippen molar-refractivity contribution in [3.63, 3.8) is 0 Å². The van der Waals surface area contributed by atoms with Crippen molar-refractivity contribution >= 4 is 6.03 Å². The molecule has 0 aliphatic rings. The summed E-state index contributed by atoms with van der Waals surface area (Å²) in [6.45, 7) is 0.346. The fourth-order valence-corrected chi connectivity index (χ4v) is 2.75. The van der Waals surface area contributed by atoms with Crippen molar-refractivity contribution in [3.05, 3.63) is 71.9 Å². The molecule has 2 N–H and O–H groups in total. The Bertz CT molecular complexity index is 906. The molecule has 2 amide bonds. The number of methoxy groups -OCH3 is 2. The van der Waals surface area contributed by atoms with Gasteiger partial charge in [-0.2, -0.15) is 0 Å². The molecule has 3 rings (SSSR count). The van der Waals surface area contributed by atoms with Crippen LogP contribution in [0.3, 0.4) is 0 Å². The molecule has 1 atom stereocenters. The van der Waals surface area contributed by atoms with Gasteiger partial charge in [-0.25, -0.2) is 14.8 Å². The molecule has 8 nitrogen and oxygen atoms in total. The first-order valence-corrected chi connectivity index (χ1v) is 8.75. The first-order chi connectivity index (χ1) is 13.6. The van der Waals surface area contributed by atoms with Crippen molar-refractivity contribution in [2.75, 3.05) is 14.2 Å². The maximum atomic E-state index is 12.5. The summed E-state index contributed by atoms with van der Waals surface area (Å²) in [7, 11) is 5.07. The van der Waals surface area contributed by atoms with Crippen LogP contribution in [0.15, 0.2) is 55.0 Å². The number of urea groups is 1. The summed E-state index contributed by atoms with van der Waals surface area (Å²) < 4.78 is 12.1. The number of carbonyl (C=O) groups is 1. The Balaban J connectivity index is 1.71. The number of aromatic nitrogens is 3. The van der Waals surface area contributed by atoms with E-state index in [2.05, 4.69) is 20.6 Å². The first kappa shape index (κ1) is 19.2. The predicted molar refractivity (Wildman–Crippen MR) is 104 cm³/mol. The van der Waals surface area contributed by atoms with Crippen LogP contribution >= 0.6 is 0 Å². The molecule has 3 aromatic rings. The quantitative estimate of drug-likeness (QED) is 0.656. The zero-order valence-corrected chi connectivity index (χ0v) is 16.0. The average molecular weight is 381 g/mol. The van der Waals surface area contributed by atoms with Gasteiger partial charge < -0.3 is 24.7 Å². The van der Waals surface area contributed by atoms with Gasteiger partial charge in [-0.05, 0) is 23.3 Å². The average Bonchev–Trinajstić information content (AvgIpc) is 3.16. The smallest absolute Gasteiger partial charge is 0.315 e. The highest BCUT2D eigenvalue weighted by atomic mass is 16.5. The molecule has 0 saturated carbocycles. The van der Waals surface area contributed by atoms with E-state index in [1.807, 2.05) is 48.1 Å².